The molecule has 2 heterocycles. The number of anilines is 1. The van der Waals surface area contributed by atoms with Gasteiger partial charge in [-0.05, 0) is 49.6 Å². The Balaban J connectivity index is 1.43. The van der Waals surface area contributed by atoms with Gasteiger partial charge in [0.2, 0.25) is 0 Å². The van der Waals surface area contributed by atoms with Gasteiger partial charge in [-0.15, -0.1) is 0 Å². The summed E-state index contributed by atoms with van der Waals surface area (Å²) < 4.78 is 61.1. The lowest BCUT2D eigenvalue weighted by molar-refractivity contribution is -0.196. The summed E-state index contributed by atoms with van der Waals surface area (Å²) in [7, 11) is 0. The molecule has 8 nitrogen and oxygen atoms in total. The Morgan fingerprint density at radius 3 is 2.49 bits per heavy atom. The van der Waals surface area contributed by atoms with E-state index < -0.39 is 18.4 Å². The molecule has 1 saturated carbocycles. The van der Waals surface area contributed by atoms with E-state index in [2.05, 4.69) is 20.7 Å². The summed E-state index contributed by atoms with van der Waals surface area (Å²) in [6.45, 7) is 1.87. The molecule has 2 fully saturated rings. The fraction of sp³-hybridized carbons (Fsp3) is 0.385. The van der Waals surface area contributed by atoms with Gasteiger partial charge in [-0.25, -0.2) is 4.79 Å². The van der Waals surface area contributed by atoms with Crippen LogP contribution in [-0.2, 0) is 14.2 Å². The normalized spacial score (nSPS) is 17.3. The fourth-order valence-electron chi connectivity index (χ4n) is 4.29. The van der Waals surface area contributed by atoms with Gasteiger partial charge in [-0.3, -0.25) is 5.32 Å². The molecule has 0 bridgehead atoms. The lowest BCUT2D eigenvalue weighted by Crippen LogP contribution is -2.33. The third kappa shape index (κ3) is 5.35. The van der Waals surface area contributed by atoms with Crippen LogP contribution in [0.3, 0.4) is 0 Å². The van der Waals surface area contributed by atoms with E-state index in [1.165, 1.54) is 0 Å². The molecular weight excluding hydrogens is 491 g/mol. The predicted molar refractivity (Wildman–Crippen MR) is 127 cm³/mol. The van der Waals surface area contributed by atoms with Gasteiger partial charge in [0.05, 0.1) is 30.0 Å². The topological polar surface area (TPSA) is 94.7 Å². The minimum absolute atomic E-state index is 0.226. The molecular formula is C26H24F3N3O5. The Morgan fingerprint density at radius 1 is 1.16 bits per heavy atom. The summed E-state index contributed by atoms with van der Waals surface area (Å²) in [6, 6.07) is 14.7. The first-order valence-corrected chi connectivity index (χ1v) is 11.8. The van der Waals surface area contributed by atoms with E-state index in [1.807, 2.05) is 18.2 Å². The maximum atomic E-state index is 12.6. The molecule has 1 amide bonds. The maximum Gasteiger partial charge on any atom is 0.425 e. The zero-order valence-corrected chi connectivity index (χ0v) is 19.9. The smallest absolute Gasteiger partial charge is 0.425 e. The van der Waals surface area contributed by atoms with E-state index in [4.69, 9.17) is 14.2 Å². The predicted octanol–water partition coefficient (Wildman–Crippen LogP) is 5.77. The Labute approximate surface area is 210 Å². The number of nitriles is 1. The Bertz CT molecular complexity index is 1340. The Hall–Kier alpha value is -3.75. The number of hydrogen-bond acceptors (Lipinski definition) is 6. The molecule has 2 aliphatic rings. The molecule has 2 aromatic carbocycles. The number of hydrogen-bond donors (Lipinski definition) is 1. The number of amides is 1. The Morgan fingerprint density at radius 2 is 1.86 bits per heavy atom. The van der Waals surface area contributed by atoms with Crippen molar-refractivity contribution in [1.82, 2.24) is 4.57 Å². The molecule has 11 heteroatoms. The zero-order chi connectivity index (χ0) is 26.2. The van der Waals surface area contributed by atoms with Gasteiger partial charge in [-0.2, -0.15) is 18.4 Å². The first kappa shape index (κ1) is 24.9. The Kier molecular flexibility index (Phi) is 6.70. The van der Waals surface area contributed by atoms with Crippen molar-refractivity contribution < 1.29 is 36.9 Å². The van der Waals surface area contributed by atoms with Crippen LogP contribution in [0.4, 0.5) is 23.7 Å². The van der Waals surface area contributed by atoms with Gasteiger partial charge in [0, 0.05) is 23.2 Å². The van der Waals surface area contributed by atoms with Gasteiger partial charge in [0.25, 0.3) is 0 Å². The van der Waals surface area contributed by atoms with Crippen LogP contribution in [0.1, 0.15) is 31.4 Å². The molecule has 0 unspecified atom stereocenters. The average molecular weight is 515 g/mol. The third-order valence-electron chi connectivity index (χ3n) is 6.23. The number of carbonyl (C=O) groups excluding carboxylic acids is 1. The number of aromatic nitrogens is 1. The molecule has 194 valence electrons. The van der Waals surface area contributed by atoms with Gasteiger partial charge < -0.3 is 23.5 Å². The zero-order valence-electron chi connectivity index (χ0n) is 19.9. The van der Waals surface area contributed by atoms with Crippen LogP contribution in [0, 0.1) is 11.3 Å². The molecule has 5 rings (SSSR count). The molecule has 1 N–H and O–H groups in total. The van der Waals surface area contributed by atoms with E-state index in [9.17, 15) is 23.2 Å². The first-order chi connectivity index (χ1) is 17.7. The largest absolute Gasteiger partial charge is 0.486 e. The second kappa shape index (κ2) is 9.95. The number of carbonyl (C=O) groups is 1. The van der Waals surface area contributed by atoms with E-state index in [1.54, 1.807) is 24.3 Å². The van der Waals surface area contributed by atoms with Crippen LogP contribution in [0.15, 0.2) is 42.5 Å². The first-order valence-electron chi connectivity index (χ1n) is 11.8. The van der Waals surface area contributed by atoms with Crippen molar-refractivity contribution >= 4 is 22.7 Å². The molecule has 0 radical (unpaired) electrons. The number of benzene rings is 2. The monoisotopic (exact) mass is 515 g/mol. The van der Waals surface area contributed by atoms with Crippen molar-refractivity contribution in [3.63, 3.8) is 0 Å². The SMILES string of the molecule is C[C@@H](OC(=O)Nc1ccc(-c2c(C#N)c3ccc(OC4COCOC4)cc3n2C2CC2)cc1)C(F)(F)F. The summed E-state index contributed by atoms with van der Waals surface area (Å²) in [5, 5.41) is 13.2. The van der Waals surface area contributed by atoms with E-state index in [-0.39, 0.29) is 24.6 Å². The molecule has 0 spiro atoms. The van der Waals surface area contributed by atoms with E-state index in [0.29, 0.717) is 24.5 Å². The van der Waals surface area contributed by atoms with E-state index >= 15 is 0 Å². The number of alkyl halides is 3. The van der Waals surface area contributed by atoms with Crippen molar-refractivity contribution in [2.75, 3.05) is 25.3 Å². The average Bonchev–Trinajstić information content (AvgIpc) is 3.65. The molecule has 1 aliphatic carbocycles. The van der Waals surface area contributed by atoms with Crippen molar-refractivity contribution in [2.45, 2.75) is 44.2 Å². The van der Waals surface area contributed by atoms with Crippen molar-refractivity contribution in [2.24, 2.45) is 0 Å². The summed E-state index contributed by atoms with van der Waals surface area (Å²) >= 11 is 0. The maximum absolute atomic E-state index is 12.6. The number of fused-ring (bicyclic) bond motifs is 1. The minimum atomic E-state index is -4.64. The van der Waals surface area contributed by atoms with Gasteiger partial charge >= 0.3 is 12.3 Å². The van der Waals surface area contributed by atoms with Crippen molar-refractivity contribution in [3.05, 3.63) is 48.0 Å². The summed E-state index contributed by atoms with van der Waals surface area (Å²) in [5.74, 6) is 0.646. The van der Waals surface area contributed by atoms with Crippen LogP contribution in [0.2, 0.25) is 0 Å². The second-order valence-corrected chi connectivity index (χ2v) is 9.01. The fourth-order valence-corrected chi connectivity index (χ4v) is 4.29. The lowest BCUT2D eigenvalue weighted by Gasteiger charge is -2.23. The minimum Gasteiger partial charge on any atom is -0.486 e. The molecule has 1 aliphatic heterocycles. The van der Waals surface area contributed by atoms with Crippen LogP contribution in [0.25, 0.3) is 22.2 Å². The molecule has 1 saturated heterocycles. The molecule has 1 aromatic heterocycles. The number of rotatable bonds is 6. The van der Waals surface area contributed by atoms with Crippen molar-refractivity contribution in [3.8, 4) is 23.1 Å². The van der Waals surface area contributed by atoms with Crippen LogP contribution < -0.4 is 10.1 Å². The number of halogens is 3. The summed E-state index contributed by atoms with van der Waals surface area (Å²) in [4.78, 5) is 11.9. The highest BCUT2D eigenvalue weighted by Crippen LogP contribution is 2.45. The summed E-state index contributed by atoms with van der Waals surface area (Å²) in [5.41, 5.74) is 3.12. The van der Waals surface area contributed by atoms with E-state index in [0.717, 1.165) is 41.9 Å². The van der Waals surface area contributed by atoms with Crippen molar-refractivity contribution in [1.29, 1.82) is 5.26 Å². The van der Waals surface area contributed by atoms with Gasteiger partial charge in [0.15, 0.2) is 6.10 Å². The molecule has 37 heavy (non-hydrogen) atoms. The van der Waals surface area contributed by atoms with Gasteiger partial charge in [-0.1, -0.05) is 12.1 Å². The van der Waals surface area contributed by atoms with Gasteiger partial charge in [0.1, 0.15) is 24.7 Å². The van der Waals surface area contributed by atoms with Crippen LogP contribution in [0.5, 0.6) is 5.75 Å². The second-order valence-electron chi connectivity index (χ2n) is 9.01. The standard InChI is InChI=1S/C26H24F3N3O5/c1-15(26(27,28)29)36-25(33)31-17-4-2-16(3-5-17)24-22(11-30)21-9-8-19(37-20-12-34-14-35-13-20)10-23(21)32(24)18-6-7-18/h2-5,8-10,15,18,20H,6-7,12-14H2,1H3,(H,31,33)/t15-/m1/s1. The highest BCUT2D eigenvalue weighted by atomic mass is 19.4. The number of nitrogens with one attached hydrogen (secondary N) is 1. The molecule has 1 atom stereocenters. The summed E-state index contributed by atoms with van der Waals surface area (Å²) in [6.07, 6.45) is -6.36. The van der Waals surface area contributed by atoms with Crippen LogP contribution >= 0.6 is 0 Å². The molecule has 3 aromatic rings. The lowest BCUT2D eigenvalue weighted by atomic mass is 10.1. The third-order valence-corrected chi connectivity index (χ3v) is 6.23. The highest BCUT2D eigenvalue weighted by molar-refractivity contribution is 5.96. The number of nitrogens with zero attached hydrogens (tertiary/aromatic N) is 2. The quantitative estimate of drug-likeness (QED) is 0.448. The van der Waals surface area contributed by atoms with Crippen LogP contribution in [-0.4, -0.2) is 49.1 Å². The number of ether oxygens (including phenoxy) is 4. The highest BCUT2D eigenvalue weighted by Gasteiger charge is 2.39.